The largest absolute Gasteiger partial charge is 0.355 e. The minimum atomic E-state index is 0.789. The highest BCUT2D eigenvalue weighted by Gasteiger charge is 2.52. The zero-order valence-corrected chi connectivity index (χ0v) is 9.60. The molecule has 0 bridgehead atoms. The Morgan fingerprint density at radius 1 is 1.27 bits per heavy atom. The van der Waals surface area contributed by atoms with E-state index in [1.165, 1.54) is 12.8 Å². The van der Waals surface area contributed by atoms with Crippen LogP contribution in [0.3, 0.4) is 0 Å². The second-order valence-corrected chi connectivity index (χ2v) is 4.82. The SMILES string of the molecule is C=CC1CC(CN(C=C)/C=C\C)C2CC12. The van der Waals surface area contributed by atoms with Crippen molar-refractivity contribution in [1.82, 2.24) is 4.90 Å². The summed E-state index contributed by atoms with van der Waals surface area (Å²) in [6, 6.07) is 0. The van der Waals surface area contributed by atoms with E-state index in [-0.39, 0.29) is 0 Å². The lowest BCUT2D eigenvalue weighted by Crippen LogP contribution is -2.20. The van der Waals surface area contributed by atoms with E-state index in [2.05, 4.69) is 43.3 Å². The van der Waals surface area contributed by atoms with E-state index in [4.69, 9.17) is 0 Å². The first-order valence-corrected chi connectivity index (χ1v) is 5.93. The van der Waals surface area contributed by atoms with Crippen molar-refractivity contribution in [1.29, 1.82) is 0 Å². The average Bonchev–Trinajstić information content (AvgIpc) is 2.97. The van der Waals surface area contributed by atoms with Crippen LogP contribution in [0.25, 0.3) is 0 Å². The smallest absolute Gasteiger partial charge is 0.0250 e. The van der Waals surface area contributed by atoms with Crippen LogP contribution in [-0.4, -0.2) is 11.4 Å². The minimum absolute atomic E-state index is 0.789. The quantitative estimate of drug-likeness (QED) is 0.619. The number of nitrogens with zero attached hydrogens (tertiary/aromatic N) is 1. The molecule has 0 amide bonds. The van der Waals surface area contributed by atoms with Gasteiger partial charge < -0.3 is 4.90 Å². The Morgan fingerprint density at radius 2 is 2.07 bits per heavy atom. The van der Waals surface area contributed by atoms with Crippen molar-refractivity contribution >= 4 is 0 Å². The van der Waals surface area contributed by atoms with Gasteiger partial charge in [-0.05, 0) is 55.8 Å². The molecule has 2 aliphatic carbocycles. The normalized spacial score (nSPS) is 37.7. The van der Waals surface area contributed by atoms with E-state index in [9.17, 15) is 0 Å². The molecule has 2 aliphatic rings. The van der Waals surface area contributed by atoms with Gasteiger partial charge in [0.1, 0.15) is 0 Å². The van der Waals surface area contributed by atoms with E-state index < -0.39 is 0 Å². The highest BCUT2D eigenvalue weighted by atomic mass is 15.1. The van der Waals surface area contributed by atoms with Gasteiger partial charge in [0.2, 0.25) is 0 Å². The van der Waals surface area contributed by atoms with Gasteiger partial charge in [-0.3, -0.25) is 0 Å². The molecule has 0 radical (unpaired) electrons. The van der Waals surface area contributed by atoms with Gasteiger partial charge in [-0.2, -0.15) is 0 Å². The van der Waals surface area contributed by atoms with Crippen molar-refractivity contribution < 1.29 is 0 Å². The van der Waals surface area contributed by atoms with Crippen LogP contribution in [0.5, 0.6) is 0 Å². The van der Waals surface area contributed by atoms with Gasteiger partial charge in [-0.25, -0.2) is 0 Å². The Hall–Kier alpha value is -0.980. The Labute approximate surface area is 93.2 Å². The first kappa shape index (κ1) is 10.5. The fourth-order valence-corrected chi connectivity index (χ4v) is 3.11. The van der Waals surface area contributed by atoms with Crippen molar-refractivity contribution in [2.24, 2.45) is 23.7 Å². The maximum atomic E-state index is 3.94. The van der Waals surface area contributed by atoms with Gasteiger partial charge in [-0.15, -0.1) is 6.58 Å². The third-order valence-corrected chi connectivity index (χ3v) is 3.94. The lowest BCUT2D eigenvalue weighted by molar-refractivity contribution is 0.348. The van der Waals surface area contributed by atoms with Gasteiger partial charge in [0, 0.05) is 6.54 Å². The van der Waals surface area contributed by atoms with Gasteiger partial charge >= 0.3 is 0 Å². The molecule has 4 unspecified atom stereocenters. The fourth-order valence-electron chi connectivity index (χ4n) is 3.11. The standard InChI is InChI=1S/C14H21N/c1-4-7-15(6-3)10-12-8-11(5-2)13-9-14(12)13/h4-7,11-14H,2-3,8-10H2,1H3/b7-4-. The van der Waals surface area contributed by atoms with E-state index in [1.807, 2.05) is 6.20 Å². The van der Waals surface area contributed by atoms with E-state index in [1.54, 1.807) is 0 Å². The molecule has 0 saturated heterocycles. The van der Waals surface area contributed by atoms with Gasteiger partial charge in [0.25, 0.3) is 0 Å². The summed E-state index contributed by atoms with van der Waals surface area (Å²) in [6.45, 7) is 11.0. The molecule has 82 valence electrons. The topological polar surface area (TPSA) is 3.24 Å². The summed E-state index contributed by atoms with van der Waals surface area (Å²) in [5.74, 6) is 3.58. The van der Waals surface area contributed by atoms with Crippen LogP contribution < -0.4 is 0 Å². The maximum Gasteiger partial charge on any atom is 0.0250 e. The van der Waals surface area contributed by atoms with Crippen molar-refractivity contribution in [3.05, 3.63) is 37.7 Å². The minimum Gasteiger partial charge on any atom is -0.355 e. The molecular formula is C14H21N. The maximum absolute atomic E-state index is 3.94. The van der Waals surface area contributed by atoms with Crippen LogP contribution in [0.2, 0.25) is 0 Å². The van der Waals surface area contributed by atoms with Crippen LogP contribution in [-0.2, 0) is 0 Å². The van der Waals surface area contributed by atoms with Crippen LogP contribution in [0.4, 0.5) is 0 Å². The molecule has 2 rings (SSSR count). The molecule has 1 heteroatoms. The lowest BCUT2D eigenvalue weighted by atomic mass is 9.97. The van der Waals surface area contributed by atoms with E-state index in [0.717, 1.165) is 30.2 Å². The fraction of sp³-hybridized carbons (Fsp3) is 0.571. The van der Waals surface area contributed by atoms with E-state index in [0.29, 0.717) is 0 Å². The van der Waals surface area contributed by atoms with Crippen molar-refractivity contribution in [2.45, 2.75) is 19.8 Å². The summed E-state index contributed by atoms with van der Waals surface area (Å²) in [6.07, 6.45) is 11.1. The molecule has 0 aliphatic heterocycles. The zero-order valence-electron chi connectivity index (χ0n) is 9.60. The molecule has 2 fully saturated rings. The summed E-state index contributed by atoms with van der Waals surface area (Å²) in [5.41, 5.74) is 0. The average molecular weight is 203 g/mol. The third-order valence-electron chi connectivity index (χ3n) is 3.94. The van der Waals surface area contributed by atoms with Gasteiger partial charge in [-0.1, -0.05) is 18.7 Å². The highest BCUT2D eigenvalue weighted by molar-refractivity contribution is 5.08. The molecule has 0 heterocycles. The Bertz CT molecular complexity index is 279. The second kappa shape index (κ2) is 4.26. The lowest BCUT2D eigenvalue weighted by Gasteiger charge is -2.21. The molecule has 1 nitrogen and oxygen atoms in total. The number of rotatable bonds is 5. The molecule has 0 spiro atoms. The highest BCUT2D eigenvalue weighted by Crippen LogP contribution is 2.59. The van der Waals surface area contributed by atoms with Crippen LogP contribution in [0.1, 0.15) is 19.8 Å². The van der Waals surface area contributed by atoms with Crippen LogP contribution >= 0.6 is 0 Å². The summed E-state index contributed by atoms with van der Waals surface area (Å²) in [4.78, 5) is 2.21. The number of hydrogen-bond acceptors (Lipinski definition) is 1. The summed E-state index contributed by atoms with van der Waals surface area (Å²) in [7, 11) is 0. The predicted molar refractivity (Wildman–Crippen MR) is 65.1 cm³/mol. The number of hydrogen-bond donors (Lipinski definition) is 0. The predicted octanol–water partition coefficient (Wildman–Crippen LogP) is 3.42. The van der Waals surface area contributed by atoms with Crippen molar-refractivity contribution in [3.8, 4) is 0 Å². The first-order valence-electron chi connectivity index (χ1n) is 5.93. The summed E-state index contributed by atoms with van der Waals surface area (Å²) < 4.78 is 0. The molecular weight excluding hydrogens is 182 g/mol. The summed E-state index contributed by atoms with van der Waals surface area (Å²) in [5, 5.41) is 0. The molecule has 15 heavy (non-hydrogen) atoms. The Morgan fingerprint density at radius 3 is 2.60 bits per heavy atom. The Balaban J connectivity index is 1.90. The molecule has 2 saturated carbocycles. The zero-order chi connectivity index (χ0) is 10.8. The first-order chi connectivity index (χ1) is 7.30. The summed E-state index contributed by atoms with van der Waals surface area (Å²) >= 11 is 0. The Kier molecular flexibility index (Phi) is 2.99. The molecule has 4 atom stereocenters. The molecule has 0 aromatic carbocycles. The van der Waals surface area contributed by atoms with Crippen molar-refractivity contribution in [2.75, 3.05) is 6.54 Å². The monoisotopic (exact) mass is 203 g/mol. The second-order valence-electron chi connectivity index (χ2n) is 4.82. The van der Waals surface area contributed by atoms with Gasteiger partial charge in [0.15, 0.2) is 0 Å². The molecule has 0 N–H and O–H groups in total. The molecule has 0 aromatic heterocycles. The van der Waals surface area contributed by atoms with E-state index >= 15 is 0 Å². The molecule has 0 aromatic rings. The van der Waals surface area contributed by atoms with Crippen molar-refractivity contribution in [3.63, 3.8) is 0 Å². The van der Waals surface area contributed by atoms with Crippen LogP contribution in [0.15, 0.2) is 37.7 Å². The number of allylic oxidation sites excluding steroid dienone is 2. The van der Waals surface area contributed by atoms with Gasteiger partial charge in [0.05, 0.1) is 0 Å². The third kappa shape index (κ3) is 2.01. The number of fused-ring (bicyclic) bond motifs is 1. The van der Waals surface area contributed by atoms with Crippen LogP contribution in [0, 0.1) is 23.7 Å².